The number of rotatable bonds is 7. The molecular weight excluding hydrogens is 264 g/mol. The van der Waals surface area contributed by atoms with E-state index in [-0.39, 0.29) is 32.7 Å². The van der Waals surface area contributed by atoms with Crippen molar-refractivity contribution in [2.24, 2.45) is 0 Å². The molecule has 1 unspecified atom stereocenters. The standard InChI is InChI=1S/C14H20O6/c1-9(2)17-6-11(16)7-18-12-4-14-13(19-8-20-14)3-10(12)5-15/h3-4,9,11,15-16H,5-8H2,1-2H3. The summed E-state index contributed by atoms with van der Waals surface area (Å²) in [5.41, 5.74) is 0.589. The summed E-state index contributed by atoms with van der Waals surface area (Å²) in [7, 11) is 0. The molecule has 112 valence electrons. The topological polar surface area (TPSA) is 77.4 Å². The molecule has 0 aromatic heterocycles. The molecule has 1 aromatic rings. The van der Waals surface area contributed by atoms with Crippen molar-refractivity contribution in [3.8, 4) is 17.2 Å². The fraction of sp³-hybridized carbons (Fsp3) is 0.571. The van der Waals surface area contributed by atoms with Crippen LogP contribution in [-0.4, -0.2) is 42.4 Å². The van der Waals surface area contributed by atoms with Gasteiger partial charge in [0.1, 0.15) is 18.5 Å². The van der Waals surface area contributed by atoms with Crippen molar-refractivity contribution in [2.75, 3.05) is 20.0 Å². The van der Waals surface area contributed by atoms with Crippen molar-refractivity contribution in [2.45, 2.75) is 32.7 Å². The highest BCUT2D eigenvalue weighted by atomic mass is 16.7. The molecule has 1 heterocycles. The van der Waals surface area contributed by atoms with E-state index < -0.39 is 6.10 Å². The van der Waals surface area contributed by atoms with Crippen LogP contribution in [0.5, 0.6) is 17.2 Å². The third kappa shape index (κ3) is 3.75. The first-order chi connectivity index (χ1) is 9.60. The van der Waals surface area contributed by atoms with Gasteiger partial charge >= 0.3 is 0 Å². The maximum Gasteiger partial charge on any atom is 0.231 e. The molecular formula is C14H20O6. The molecule has 1 aliphatic rings. The minimum absolute atomic E-state index is 0.0585. The number of aliphatic hydroxyl groups excluding tert-OH is 2. The van der Waals surface area contributed by atoms with Gasteiger partial charge in [-0.1, -0.05) is 0 Å². The normalized spacial score (nSPS) is 14.7. The molecule has 0 saturated heterocycles. The molecule has 0 saturated carbocycles. The SMILES string of the molecule is CC(C)OCC(O)COc1cc2c(cc1CO)OCO2. The Labute approximate surface area is 117 Å². The van der Waals surface area contributed by atoms with Crippen LogP contribution < -0.4 is 14.2 Å². The number of fused-ring (bicyclic) bond motifs is 1. The molecule has 0 radical (unpaired) electrons. The van der Waals surface area contributed by atoms with Gasteiger partial charge in [-0.15, -0.1) is 0 Å². The van der Waals surface area contributed by atoms with Gasteiger partial charge in [-0.25, -0.2) is 0 Å². The molecule has 0 amide bonds. The van der Waals surface area contributed by atoms with Crippen LogP contribution in [0.1, 0.15) is 19.4 Å². The van der Waals surface area contributed by atoms with Crippen molar-refractivity contribution in [1.82, 2.24) is 0 Å². The fourth-order valence-electron chi connectivity index (χ4n) is 1.76. The third-order valence-corrected chi connectivity index (χ3v) is 2.78. The number of hydrogen-bond donors (Lipinski definition) is 2. The first-order valence-corrected chi connectivity index (χ1v) is 6.56. The second-order valence-electron chi connectivity index (χ2n) is 4.82. The van der Waals surface area contributed by atoms with Crippen LogP contribution in [0, 0.1) is 0 Å². The lowest BCUT2D eigenvalue weighted by Crippen LogP contribution is -2.25. The van der Waals surface area contributed by atoms with E-state index in [1.807, 2.05) is 13.8 Å². The van der Waals surface area contributed by atoms with Gasteiger partial charge in [-0.05, 0) is 19.9 Å². The first-order valence-electron chi connectivity index (χ1n) is 6.56. The maximum absolute atomic E-state index is 9.75. The van der Waals surface area contributed by atoms with Crippen LogP contribution in [0.2, 0.25) is 0 Å². The minimum atomic E-state index is -0.727. The molecule has 2 N–H and O–H groups in total. The third-order valence-electron chi connectivity index (χ3n) is 2.78. The van der Waals surface area contributed by atoms with Crippen LogP contribution in [0.3, 0.4) is 0 Å². The van der Waals surface area contributed by atoms with Crippen molar-refractivity contribution < 1.29 is 29.2 Å². The summed E-state index contributed by atoms with van der Waals surface area (Å²) < 4.78 is 21.3. The highest BCUT2D eigenvalue weighted by molar-refractivity contribution is 5.51. The molecule has 1 aromatic carbocycles. The lowest BCUT2D eigenvalue weighted by molar-refractivity contribution is -0.0125. The quantitative estimate of drug-likeness (QED) is 0.780. The van der Waals surface area contributed by atoms with Gasteiger partial charge in [-0.3, -0.25) is 0 Å². The maximum atomic E-state index is 9.75. The van der Waals surface area contributed by atoms with Crippen molar-refractivity contribution >= 4 is 0 Å². The van der Waals surface area contributed by atoms with Gasteiger partial charge in [0.05, 0.1) is 19.3 Å². The predicted octanol–water partition coefficient (Wildman–Crippen LogP) is 1.07. The van der Waals surface area contributed by atoms with Gasteiger partial charge < -0.3 is 29.2 Å². The molecule has 6 nitrogen and oxygen atoms in total. The molecule has 0 fully saturated rings. The van der Waals surface area contributed by atoms with Crippen LogP contribution in [0.15, 0.2) is 12.1 Å². The molecule has 6 heteroatoms. The van der Waals surface area contributed by atoms with Gasteiger partial charge in [0.25, 0.3) is 0 Å². The van der Waals surface area contributed by atoms with Gasteiger partial charge in [0.15, 0.2) is 11.5 Å². The molecule has 20 heavy (non-hydrogen) atoms. The zero-order chi connectivity index (χ0) is 14.5. The van der Waals surface area contributed by atoms with E-state index in [9.17, 15) is 10.2 Å². The Bertz CT molecular complexity index is 446. The average Bonchev–Trinajstić information content (AvgIpc) is 2.88. The molecule has 0 bridgehead atoms. The van der Waals surface area contributed by atoms with E-state index in [0.29, 0.717) is 22.8 Å². The number of ether oxygens (including phenoxy) is 4. The summed E-state index contributed by atoms with van der Waals surface area (Å²) in [6.45, 7) is 4.07. The Morgan fingerprint density at radius 1 is 1.20 bits per heavy atom. The monoisotopic (exact) mass is 284 g/mol. The second kappa shape index (κ2) is 6.78. The van der Waals surface area contributed by atoms with E-state index in [1.54, 1.807) is 12.1 Å². The second-order valence-corrected chi connectivity index (χ2v) is 4.82. The molecule has 0 aliphatic carbocycles. The average molecular weight is 284 g/mol. The predicted molar refractivity (Wildman–Crippen MR) is 71.1 cm³/mol. The molecule has 1 aliphatic heterocycles. The first kappa shape index (κ1) is 14.9. The van der Waals surface area contributed by atoms with E-state index in [0.717, 1.165) is 0 Å². The summed E-state index contributed by atoms with van der Waals surface area (Å²) in [6, 6.07) is 3.33. The Morgan fingerprint density at radius 3 is 2.55 bits per heavy atom. The van der Waals surface area contributed by atoms with Crippen molar-refractivity contribution in [3.05, 3.63) is 17.7 Å². The summed E-state index contributed by atoms with van der Waals surface area (Å²) in [4.78, 5) is 0. The molecule has 0 spiro atoms. The lowest BCUT2D eigenvalue weighted by Gasteiger charge is -2.16. The van der Waals surface area contributed by atoms with E-state index >= 15 is 0 Å². The highest BCUT2D eigenvalue weighted by Crippen LogP contribution is 2.38. The number of aliphatic hydroxyl groups is 2. The Balaban J connectivity index is 1.95. The molecule has 2 rings (SSSR count). The van der Waals surface area contributed by atoms with Crippen molar-refractivity contribution in [1.29, 1.82) is 0 Å². The Hall–Kier alpha value is -1.50. The summed E-state index contributed by atoms with van der Waals surface area (Å²) in [5, 5.41) is 19.1. The van der Waals surface area contributed by atoms with Crippen LogP contribution in [-0.2, 0) is 11.3 Å². The smallest absolute Gasteiger partial charge is 0.231 e. The van der Waals surface area contributed by atoms with E-state index in [2.05, 4.69) is 0 Å². The van der Waals surface area contributed by atoms with Gasteiger partial charge in [0, 0.05) is 11.6 Å². The number of benzene rings is 1. The van der Waals surface area contributed by atoms with Gasteiger partial charge in [-0.2, -0.15) is 0 Å². The Morgan fingerprint density at radius 2 is 1.90 bits per heavy atom. The summed E-state index contributed by atoms with van der Waals surface area (Å²) >= 11 is 0. The number of hydrogen-bond acceptors (Lipinski definition) is 6. The zero-order valence-electron chi connectivity index (χ0n) is 11.7. The fourth-order valence-corrected chi connectivity index (χ4v) is 1.76. The van der Waals surface area contributed by atoms with E-state index in [1.165, 1.54) is 0 Å². The lowest BCUT2D eigenvalue weighted by atomic mass is 10.2. The van der Waals surface area contributed by atoms with Crippen LogP contribution in [0.4, 0.5) is 0 Å². The minimum Gasteiger partial charge on any atom is -0.490 e. The summed E-state index contributed by atoms with van der Waals surface area (Å²) in [6.07, 6.45) is -0.669. The molecule has 1 atom stereocenters. The van der Waals surface area contributed by atoms with Crippen molar-refractivity contribution in [3.63, 3.8) is 0 Å². The summed E-state index contributed by atoms with van der Waals surface area (Å²) in [5.74, 6) is 1.63. The zero-order valence-corrected chi connectivity index (χ0v) is 11.7. The largest absolute Gasteiger partial charge is 0.490 e. The van der Waals surface area contributed by atoms with Gasteiger partial charge in [0.2, 0.25) is 6.79 Å². The van der Waals surface area contributed by atoms with E-state index in [4.69, 9.17) is 18.9 Å². The van der Waals surface area contributed by atoms with Crippen LogP contribution in [0.25, 0.3) is 0 Å². The van der Waals surface area contributed by atoms with Crippen LogP contribution >= 0.6 is 0 Å². The highest BCUT2D eigenvalue weighted by Gasteiger charge is 2.18. The Kier molecular flexibility index (Phi) is 5.05.